The van der Waals surface area contributed by atoms with Gasteiger partial charge in [-0.1, -0.05) is 42.5 Å². The van der Waals surface area contributed by atoms with Gasteiger partial charge in [0.1, 0.15) is 12.4 Å². The van der Waals surface area contributed by atoms with E-state index in [4.69, 9.17) is 4.74 Å². The molecule has 2 aromatic rings. The van der Waals surface area contributed by atoms with E-state index in [1.165, 1.54) is 24.0 Å². The molecule has 1 aliphatic heterocycles. The minimum Gasteiger partial charge on any atom is -0.492 e. The third-order valence-electron chi connectivity index (χ3n) is 3.57. The van der Waals surface area contributed by atoms with E-state index in [9.17, 15) is 0 Å². The van der Waals surface area contributed by atoms with Crippen molar-refractivity contribution in [2.75, 3.05) is 13.2 Å². The lowest BCUT2D eigenvalue weighted by atomic mass is 10.1. The zero-order valence-corrected chi connectivity index (χ0v) is 11.0. The second kappa shape index (κ2) is 5.89. The van der Waals surface area contributed by atoms with E-state index in [-0.39, 0.29) is 0 Å². The maximum atomic E-state index is 5.82. The molecule has 0 aromatic heterocycles. The Morgan fingerprint density at radius 3 is 2.37 bits per heavy atom. The van der Waals surface area contributed by atoms with E-state index in [0.717, 1.165) is 18.9 Å². The Labute approximate surface area is 114 Å². The number of hydrogen-bond acceptors (Lipinski definition) is 2. The summed E-state index contributed by atoms with van der Waals surface area (Å²) in [5, 5.41) is 3.44. The van der Waals surface area contributed by atoms with Crippen molar-refractivity contribution in [3.05, 3.63) is 54.6 Å². The van der Waals surface area contributed by atoms with Crippen molar-refractivity contribution in [2.24, 2.45) is 0 Å². The Balaban J connectivity index is 1.62. The molecule has 3 rings (SSSR count). The minimum absolute atomic E-state index is 0.522. The fourth-order valence-corrected chi connectivity index (χ4v) is 2.47. The Kier molecular flexibility index (Phi) is 3.80. The van der Waals surface area contributed by atoms with Gasteiger partial charge in [0.15, 0.2) is 0 Å². The number of rotatable bonds is 4. The van der Waals surface area contributed by atoms with E-state index in [0.29, 0.717) is 6.04 Å². The van der Waals surface area contributed by atoms with E-state index < -0.39 is 0 Å². The molecule has 0 amide bonds. The Morgan fingerprint density at radius 1 is 0.947 bits per heavy atom. The number of benzene rings is 2. The van der Waals surface area contributed by atoms with Crippen molar-refractivity contribution in [1.29, 1.82) is 0 Å². The van der Waals surface area contributed by atoms with Crippen LogP contribution in [-0.2, 0) is 0 Å². The lowest BCUT2D eigenvalue weighted by Gasteiger charge is -2.12. The van der Waals surface area contributed by atoms with Crippen LogP contribution in [-0.4, -0.2) is 19.2 Å². The molecule has 1 saturated heterocycles. The zero-order chi connectivity index (χ0) is 12.9. The molecule has 0 unspecified atom stereocenters. The molecule has 1 heterocycles. The highest BCUT2D eigenvalue weighted by Gasteiger charge is 2.14. The molecule has 2 heteroatoms. The third kappa shape index (κ3) is 3.15. The standard InChI is InChI=1S/C17H19NO/c1-2-5-14(6-3-1)15-8-10-17(11-9-15)19-13-16-7-4-12-18-16/h1-3,5-6,8-11,16,18H,4,7,12-13H2/t16-/m1/s1. The van der Waals surface area contributed by atoms with Gasteiger partial charge in [0, 0.05) is 6.04 Å². The van der Waals surface area contributed by atoms with Gasteiger partial charge in [-0.25, -0.2) is 0 Å². The van der Waals surface area contributed by atoms with Crippen LogP contribution in [0.1, 0.15) is 12.8 Å². The molecule has 19 heavy (non-hydrogen) atoms. The predicted molar refractivity (Wildman–Crippen MR) is 78.4 cm³/mol. The molecule has 2 aromatic carbocycles. The fraction of sp³-hybridized carbons (Fsp3) is 0.294. The molecule has 0 bridgehead atoms. The molecule has 0 aliphatic carbocycles. The number of hydrogen-bond donors (Lipinski definition) is 1. The maximum Gasteiger partial charge on any atom is 0.119 e. The van der Waals surface area contributed by atoms with E-state index in [1.54, 1.807) is 0 Å². The van der Waals surface area contributed by atoms with Crippen molar-refractivity contribution in [2.45, 2.75) is 18.9 Å². The molecule has 1 N–H and O–H groups in total. The van der Waals surface area contributed by atoms with Crippen LogP contribution in [0, 0.1) is 0 Å². The summed E-state index contributed by atoms with van der Waals surface area (Å²) in [6, 6.07) is 19.3. The molecule has 1 aliphatic rings. The van der Waals surface area contributed by atoms with Gasteiger partial charge in [-0.3, -0.25) is 0 Å². The second-order valence-corrected chi connectivity index (χ2v) is 4.99. The quantitative estimate of drug-likeness (QED) is 0.900. The van der Waals surface area contributed by atoms with Gasteiger partial charge in [-0.05, 0) is 42.6 Å². The Morgan fingerprint density at radius 2 is 1.68 bits per heavy atom. The molecule has 98 valence electrons. The fourth-order valence-electron chi connectivity index (χ4n) is 2.47. The van der Waals surface area contributed by atoms with Gasteiger partial charge in [-0.15, -0.1) is 0 Å². The van der Waals surface area contributed by atoms with Crippen molar-refractivity contribution < 1.29 is 4.74 Å². The molecular formula is C17H19NO. The summed E-state index contributed by atoms with van der Waals surface area (Å²) >= 11 is 0. The predicted octanol–water partition coefficient (Wildman–Crippen LogP) is 3.48. The molecule has 0 saturated carbocycles. The van der Waals surface area contributed by atoms with E-state index in [2.05, 4.69) is 53.8 Å². The first-order chi connectivity index (χ1) is 9.42. The third-order valence-corrected chi connectivity index (χ3v) is 3.57. The largest absolute Gasteiger partial charge is 0.492 e. The van der Waals surface area contributed by atoms with Crippen LogP contribution in [0.25, 0.3) is 11.1 Å². The van der Waals surface area contributed by atoms with Crippen molar-refractivity contribution >= 4 is 0 Å². The number of ether oxygens (including phenoxy) is 1. The van der Waals surface area contributed by atoms with Crippen LogP contribution >= 0.6 is 0 Å². The van der Waals surface area contributed by atoms with Gasteiger partial charge >= 0.3 is 0 Å². The Bertz CT molecular complexity index is 501. The van der Waals surface area contributed by atoms with E-state index in [1.807, 2.05) is 6.07 Å². The lowest BCUT2D eigenvalue weighted by molar-refractivity contribution is 0.277. The summed E-state index contributed by atoms with van der Waals surface area (Å²) in [6.07, 6.45) is 2.49. The highest BCUT2D eigenvalue weighted by atomic mass is 16.5. The van der Waals surface area contributed by atoms with Crippen molar-refractivity contribution in [1.82, 2.24) is 5.32 Å². The maximum absolute atomic E-state index is 5.82. The topological polar surface area (TPSA) is 21.3 Å². The van der Waals surface area contributed by atoms with E-state index >= 15 is 0 Å². The average Bonchev–Trinajstić information content (AvgIpc) is 3.00. The summed E-state index contributed by atoms with van der Waals surface area (Å²) in [5.41, 5.74) is 2.47. The normalized spacial score (nSPS) is 18.4. The van der Waals surface area contributed by atoms with Gasteiger partial charge in [0.2, 0.25) is 0 Å². The summed E-state index contributed by atoms with van der Waals surface area (Å²) < 4.78 is 5.82. The number of nitrogens with one attached hydrogen (secondary N) is 1. The molecular weight excluding hydrogens is 234 g/mol. The molecule has 2 nitrogen and oxygen atoms in total. The lowest BCUT2D eigenvalue weighted by Crippen LogP contribution is -2.28. The summed E-state index contributed by atoms with van der Waals surface area (Å²) in [7, 11) is 0. The first-order valence-electron chi connectivity index (χ1n) is 6.93. The van der Waals surface area contributed by atoms with Crippen molar-refractivity contribution in [3.63, 3.8) is 0 Å². The first-order valence-corrected chi connectivity index (χ1v) is 6.93. The van der Waals surface area contributed by atoms with Gasteiger partial charge in [-0.2, -0.15) is 0 Å². The highest BCUT2D eigenvalue weighted by Crippen LogP contribution is 2.22. The van der Waals surface area contributed by atoms with Gasteiger partial charge in [0.05, 0.1) is 0 Å². The average molecular weight is 253 g/mol. The smallest absolute Gasteiger partial charge is 0.119 e. The van der Waals surface area contributed by atoms with Crippen LogP contribution in [0.4, 0.5) is 0 Å². The molecule has 0 radical (unpaired) electrons. The summed E-state index contributed by atoms with van der Waals surface area (Å²) in [4.78, 5) is 0. The van der Waals surface area contributed by atoms with Crippen molar-refractivity contribution in [3.8, 4) is 16.9 Å². The first kappa shape index (κ1) is 12.2. The molecule has 1 fully saturated rings. The minimum atomic E-state index is 0.522. The second-order valence-electron chi connectivity index (χ2n) is 4.99. The van der Waals surface area contributed by atoms with Gasteiger partial charge < -0.3 is 10.1 Å². The van der Waals surface area contributed by atoms with Crippen LogP contribution in [0.2, 0.25) is 0 Å². The van der Waals surface area contributed by atoms with Crippen LogP contribution in [0.15, 0.2) is 54.6 Å². The molecule has 0 spiro atoms. The van der Waals surface area contributed by atoms with Crippen LogP contribution in [0.3, 0.4) is 0 Å². The SMILES string of the molecule is c1ccc(-c2ccc(OC[C@H]3CCCN3)cc2)cc1. The zero-order valence-electron chi connectivity index (χ0n) is 11.0. The molecule has 1 atom stereocenters. The van der Waals surface area contributed by atoms with Gasteiger partial charge in [0.25, 0.3) is 0 Å². The van der Waals surface area contributed by atoms with Crippen LogP contribution < -0.4 is 10.1 Å². The summed E-state index contributed by atoms with van der Waals surface area (Å²) in [5.74, 6) is 0.952. The summed E-state index contributed by atoms with van der Waals surface area (Å²) in [6.45, 7) is 1.89. The monoisotopic (exact) mass is 253 g/mol. The highest BCUT2D eigenvalue weighted by molar-refractivity contribution is 5.63. The Hall–Kier alpha value is -1.80. The van der Waals surface area contributed by atoms with Crippen LogP contribution in [0.5, 0.6) is 5.75 Å².